The minimum atomic E-state index is 0.190. The van der Waals surface area contributed by atoms with Crippen molar-refractivity contribution in [2.24, 2.45) is 5.92 Å². The highest BCUT2D eigenvalue weighted by Gasteiger charge is 2.47. The number of hydrogen-bond acceptors (Lipinski definition) is 2. The van der Waals surface area contributed by atoms with Crippen molar-refractivity contribution in [3.63, 3.8) is 0 Å². The third-order valence-corrected chi connectivity index (χ3v) is 5.20. The van der Waals surface area contributed by atoms with Crippen molar-refractivity contribution < 1.29 is 4.79 Å². The topological polar surface area (TPSA) is 38.1 Å². The normalized spacial score (nSPS) is 26.5. The van der Waals surface area contributed by atoms with Gasteiger partial charge in [-0.25, -0.2) is 0 Å². The fourth-order valence-corrected chi connectivity index (χ4v) is 3.89. The Morgan fingerprint density at radius 3 is 3.04 bits per heavy atom. The molecule has 0 N–H and O–H groups in total. The molecule has 1 saturated heterocycles. The molecule has 2 aliphatic rings. The van der Waals surface area contributed by atoms with Gasteiger partial charge in [0, 0.05) is 24.9 Å². The van der Waals surface area contributed by atoms with Crippen LogP contribution in [0.1, 0.15) is 36.3 Å². The van der Waals surface area contributed by atoms with E-state index in [1.165, 1.54) is 11.1 Å². The molecule has 1 aromatic carbocycles. The Kier molecular flexibility index (Phi) is 3.68. The third kappa shape index (κ3) is 2.90. The molecule has 2 heterocycles. The van der Waals surface area contributed by atoms with Crippen LogP contribution in [0.4, 0.5) is 0 Å². The highest BCUT2D eigenvalue weighted by atomic mass is 16.2. The lowest BCUT2D eigenvalue weighted by atomic mass is 10.1. The standard InChI is InChI=1S/C19H23N3O/c1-14-5-2-6-15(11-14)17-12-18(17)19(23)22-10-3-7-16(22)13-21-9-4-8-20-21/h2,4-6,8-9,11,16-18H,3,7,10,12-13H2,1H3/t16-,17+,18+/m1/s1. The average Bonchev–Trinajstić information content (AvgIpc) is 2.94. The van der Waals surface area contributed by atoms with Crippen LogP contribution in [0.3, 0.4) is 0 Å². The lowest BCUT2D eigenvalue weighted by molar-refractivity contribution is -0.133. The van der Waals surface area contributed by atoms with Crippen molar-refractivity contribution in [1.82, 2.24) is 14.7 Å². The highest BCUT2D eigenvalue weighted by molar-refractivity contribution is 5.83. The van der Waals surface area contributed by atoms with E-state index in [2.05, 4.69) is 41.2 Å². The van der Waals surface area contributed by atoms with E-state index in [1.807, 2.05) is 16.9 Å². The van der Waals surface area contributed by atoms with Crippen LogP contribution in [-0.2, 0) is 11.3 Å². The summed E-state index contributed by atoms with van der Waals surface area (Å²) >= 11 is 0. The lowest BCUT2D eigenvalue weighted by Gasteiger charge is -2.25. The molecule has 2 fully saturated rings. The minimum absolute atomic E-state index is 0.190. The molecule has 1 aromatic heterocycles. The second kappa shape index (κ2) is 5.84. The zero-order valence-electron chi connectivity index (χ0n) is 13.6. The number of hydrogen-bond donors (Lipinski definition) is 0. The summed E-state index contributed by atoms with van der Waals surface area (Å²) in [4.78, 5) is 15.0. The fraction of sp³-hybridized carbons (Fsp3) is 0.474. The number of carbonyl (C=O) groups excluding carboxylic acids is 1. The molecule has 0 unspecified atom stereocenters. The van der Waals surface area contributed by atoms with Gasteiger partial charge in [0.25, 0.3) is 0 Å². The third-order valence-electron chi connectivity index (χ3n) is 5.20. The number of carbonyl (C=O) groups is 1. The van der Waals surface area contributed by atoms with Crippen LogP contribution in [0.2, 0.25) is 0 Å². The number of aryl methyl sites for hydroxylation is 1. The van der Waals surface area contributed by atoms with E-state index in [-0.39, 0.29) is 5.92 Å². The summed E-state index contributed by atoms with van der Waals surface area (Å²) in [5, 5.41) is 4.28. The Balaban J connectivity index is 1.43. The molecular formula is C19H23N3O. The maximum Gasteiger partial charge on any atom is 0.226 e. The van der Waals surface area contributed by atoms with Gasteiger partial charge in [-0.15, -0.1) is 0 Å². The Labute approximate surface area is 137 Å². The van der Waals surface area contributed by atoms with Crippen LogP contribution >= 0.6 is 0 Å². The molecule has 1 saturated carbocycles. The van der Waals surface area contributed by atoms with Gasteiger partial charge in [-0.3, -0.25) is 9.48 Å². The van der Waals surface area contributed by atoms with Crippen LogP contribution in [0.5, 0.6) is 0 Å². The molecule has 1 amide bonds. The van der Waals surface area contributed by atoms with Gasteiger partial charge in [0.2, 0.25) is 5.91 Å². The van der Waals surface area contributed by atoms with Crippen LogP contribution in [0.15, 0.2) is 42.7 Å². The van der Waals surface area contributed by atoms with Gasteiger partial charge in [-0.1, -0.05) is 29.8 Å². The maximum absolute atomic E-state index is 12.9. The van der Waals surface area contributed by atoms with Gasteiger partial charge >= 0.3 is 0 Å². The van der Waals surface area contributed by atoms with E-state index >= 15 is 0 Å². The average molecular weight is 309 g/mol. The van der Waals surface area contributed by atoms with E-state index in [4.69, 9.17) is 0 Å². The molecule has 0 radical (unpaired) electrons. The summed E-state index contributed by atoms with van der Waals surface area (Å²) in [6.45, 7) is 3.84. The van der Waals surface area contributed by atoms with Crippen molar-refractivity contribution in [1.29, 1.82) is 0 Å². The first kappa shape index (κ1) is 14.5. The Hall–Kier alpha value is -2.10. The number of benzene rings is 1. The molecule has 3 atom stereocenters. The van der Waals surface area contributed by atoms with Gasteiger partial charge in [-0.2, -0.15) is 5.10 Å². The summed E-state index contributed by atoms with van der Waals surface area (Å²) in [6, 6.07) is 10.8. The van der Waals surface area contributed by atoms with Crippen molar-refractivity contribution in [3.8, 4) is 0 Å². The predicted molar refractivity (Wildman–Crippen MR) is 89.0 cm³/mol. The number of rotatable bonds is 4. The minimum Gasteiger partial charge on any atom is -0.338 e. The SMILES string of the molecule is Cc1cccc([C@@H]2C[C@@H]2C(=O)N2CCC[C@@H]2Cn2cccn2)c1. The molecule has 1 aliphatic carbocycles. The van der Waals surface area contributed by atoms with Crippen LogP contribution in [0.25, 0.3) is 0 Å². The first-order valence-electron chi connectivity index (χ1n) is 8.57. The summed E-state index contributed by atoms with van der Waals surface area (Å²) in [5.41, 5.74) is 2.60. The molecule has 0 bridgehead atoms. The number of aromatic nitrogens is 2. The van der Waals surface area contributed by atoms with Gasteiger partial charge in [0.05, 0.1) is 12.6 Å². The quantitative estimate of drug-likeness (QED) is 0.871. The number of nitrogens with zero attached hydrogens (tertiary/aromatic N) is 3. The second-order valence-corrected chi connectivity index (χ2v) is 6.92. The van der Waals surface area contributed by atoms with Crippen molar-refractivity contribution in [2.75, 3.05) is 6.54 Å². The smallest absolute Gasteiger partial charge is 0.226 e. The molecule has 4 nitrogen and oxygen atoms in total. The molecule has 2 aromatic rings. The second-order valence-electron chi connectivity index (χ2n) is 6.92. The van der Waals surface area contributed by atoms with E-state index in [9.17, 15) is 4.79 Å². The Morgan fingerprint density at radius 1 is 1.35 bits per heavy atom. The van der Waals surface area contributed by atoms with E-state index in [0.29, 0.717) is 17.9 Å². The fourth-order valence-electron chi connectivity index (χ4n) is 3.89. The molecule has 23 heavy (non-hydrogen) atoms. The van der Waals surface area contributed by atoms with E-state index < -0.39 is 0 Å². The van der Waals surface area contributed by atoms with Gasteiger partial charge in [0.15, 0.2) is 0 Å². The monoisotopic (exact) mass is 309 g/mol. The van der Waals surface area contributed by atoms with E-state index in [1.54, 1.807) is 6.20 Å². The summed E-state index contributed by atoms with van der Waals surface area (Å²) in [6.07, 6.45) is 6.99. The Bertz CT molecular complexity index is 694. The summed E-state index contributed by atoms with van der Waals surface area (Å²) in [5.74, 6) is 0.967. The van der Waals surface area contributed by atoms with Crippen molar-refractivity contribution >= 4 is 5.91 Å². The molecule has 4 heteroatoms. The van der Waals surface area contributed by atoms with Gasteiger partial charge in [0.1, 0.15) is 0 Å². The van der Waals surface area contributed by atoms with Crippen LogP contribution in [-0.4, -0.2) is 33.2 Å². The first-order valence-corrected chi connectivity index (χ1v) is 8.57. The molecule has 120 valence electrons. The molecule has 0 spiro atoms. The van der Waals surface area contributed by atoms with Gasteiger partial charge in [-0.05, 0) is 43.7 Å². The Morgan fingerprint density at radius 2 is 2.26 bits per heavy atom. The maximum atomic E-state index is 12.9. The zero-order chi connectivity index (χ0) is 15.8. The predicted octanol–water partition coefficient (Wildman–Crippen LogP) is 2.99. The molecule has 1 aliphatic heterocycles. The highest BCUT2D eigenvalue weighted by Crippen LogP contribution is 2.49. The molecular weight excluding hydrogens is 286 g/mol. The largest absolute Gasteiger partial charge is 0.338 e. The van der Waals surface area contributed by atoms with Gasteiger partial charge < -0.3 is 4.90 Å². The lowest BCUT2D eigenvalue weighted by Crippen LogP contribution is -2.39. The van der Waals surface area contributed by atoms with Crippen molar-refractivity contribution in [3.05, 3.63) is 53.9 Å². The number of amides is 1. The van der Waals surface area contributed by atoms with E-state index in [0.717, 1.165) is 32.4 Å². The molecule has 4 rings (SSSR count). The first-order chi connectivity index (χ1) is 11.2. The van der Waals surface area contributed by atoms with Crippen molar-refractivity contribution in [2.45, 2.75) is 44.7 Å². The summed E-state index contributed by atoms with van der Waals surface area (Å²) < 4.78 is 1.95. The summed E-state index contributed by atoms with van der Waals surface area (Å²) in [7, 11) is 0. The van der Waals surface area contributed by atoms with Crippen LogP contribution < -0.4 is 0 Å². The number of likely N-dealkylation sites (tertiary alicyclic amines) is 1. The zero-order valence-corrected chi connectivity index (χ0v) is 13.6. The van der Waals surface area contributed by atoms with Crippen LogP contribution in [0, 0.1) is 12.8 Å².